The van der Waals surface area contributed by atoms with Crippen molar-refractivity contribution in [1.29, 1.82) is 0 Å². The second kappa shape index (κ2) is 6.12. The summed E-state index contributed by atoms with van der Waals surface area (Å²) in [5, 5.41) is 0. The van der Waals surface area contributed by atoms with Crippen LogP contribution in [0.3, 0.4) is 0 Å². The molecule has 0 spiro atoms. The molecule has 1 heterocycles. The van der Waals surface area contributed by atoms with Crippen LogP contribution in [0, 0.1) is 0 Å². The molecular formula is C12H26N2S. The fourth-order valence-electron chi connectivity index (χ4n) is 2.50. The summed E-state index contributed by atoms with van der Waals surface area (Å²) in [4.78, 5) is 2.54. The van der Waals surface area contributed by atoms with Gasteiger partial charge in [-0.2, -0.15) is 11.8 Å². The molecule has 3 heteroatoms. The Kier molecular flexibility index (Phi) is 5.44. The van der Waals surface area contributed by atoms with E-state index in [4.69, 9.17) is 5.73 Å². The molecular weight excluding hydrogens is 204 g/mol. The fraction of sp³-hybridized carbons (Fsp3) is 1.00. The van der Waals surface area contributed by atoms with E-state index >= 15 is 0 Å². The molecule has 1 saturated heterocycles. The summed E-state index contributed by atoms with van der Waals surface area (Å²) in [6, 6.07) is 0.664. The number of nitrogens with zero attached hydrogens (tertiary/aromatic N) is 1. The van der Waals surface area contributed by atoms with Gasteiger partial charge in [0.1, 0.15) is 0 Å². The molecule has 0 aromatic heterocycles. The quantitative estimate of drug-likeness (QED) is 0.786. The lowest BCUT2D eigenvalue weighted by molar-refractivity contribution is 0.0883. The van der Waals surface area contributed by atoms with Crippen molar-refractivity contribution >= 4 is 11.8 Å². The molecule has 0 amide bonds. The van der Waals surface area contributed by atoms with Crippen molar-refractivity contribution in [2.45, 2.75) is 51.1 Å². The van der Waals surface area contributed by atoms with Crippen LogP contribution in [0.1, 0.15) is 39.5 Å². The lowest BCUT2D eigenvalue weighted by Crippen LogP contribution is -2.58. The Morgan fingerprint density at radius 3 is 2.73 bits per heavy atom. The third-order valence-corrected chi connectivity index (χ3v) is 5.12. The topological polar surface area (TPSA) is 29.3 Å². The summed E-state index contributed by atoms with van der Waals surface area (Å²) in [7, 11) is 2.26. The Morgan fingerprint density at radius 2 is 2.27 bits per heavy atom. The van der Waals surface area contributed by atoms with Crippen LogP contribution in [0.15, 0.2) is 0 Å². The van der Waals surface area contributed by atoms with Crippen molar-refractivity contribution in [2.75, 3.05) is 25.1 Å². The fourth-order valence-corrected chi connectivity index (χ4v) is 3.84. The number of hydrogen-bond acceptors (Lipinski definition) is 3. The van der Waals surface area contributed by atoms with Crippen LogP contribution in [-0.4, -0.2) is 41.6 Å². The van der Waals surface area contributed by atoms with Gasteiger partial charge in [-0.05, 0) is 39.0 Å². The largest absolute Gasteiger partial charge is 0.329 e. The van der Waals surface area contributed by atoms with Gasteiger partial charge in [-0.15, -0.1) is 0 Å². The maximum Gasteiger partial charge on any atom is 0.0421 e. The van der Waals surface area contributed by atoms with Crippen LogP contribution in [0.4, 0.5) is 0 Å². The number of nitrogens with two attached hydrogens (primary N) is 1. The normalized spacial score (nSPS) is 29.4. The standard InChI is InChI=1S/C12H26N2S/c1-4-6-11(2)14(3)12(9-13)7-5-8-15-10-12/h11H,4-10,13H2,1-3H3. The molecule has 15 heavy (non-hydrogen) atoms. The first-order chi connectivity index (χ1) is 7.16. The van der Waals surface area contributed by atoms with E-state index in [0.717, 1.165) is 6.54 Å². The van der Waals surface area contributed by atoms with Gasteiger partial charge in [0.25, 0.3) is 0 Å². The average Bonchev–Trinajstić information content (AvgIpc) is 2.29. The van der Waals surface area contributed by atoms with Crippen molar-refractivity contribution in [3.63, 3.8) is 0 Å². The third kappa shape index (κ3) is 3.11. The molecule has 2 nitrogen and oxygen atoms in total. The second-order valence-corrected chi connectivity index (χ2v) is 5.94. The van der Waals surface area contributed by atoms with E-state index < -0.39 is 0 Å². The highest BCUT2D eigenvalue weighted by Crippen LogP contribution is 2.32. The minimum Gasteiger partial charge on any atom is -0.329 e. The van der Waals surface area contributed by atoms with E-state index in [1.165, 1.54) is 37.2 Å². The molecule has 0 aliphatic carbocycles. The maximum absolute atomic E-state index is 6.02. The van der Waals surface area contributed by atoms with Crippen molar-refractivity contribution < 1.29 is 0 Å². The van der Waals surface area contributed by atoms with E-state index in [1.807, 2.05) is 0 Å². The Bertz CT molecular complexity index is 178. The number of hydrogen-bond donors (Lipinski definition) is 1. The molecule has 1 rings (SSSR count). The van der Waals surface area contributed by atoms with Gasteiger partial charge in [-0.1, -0.05) is 13.3 Å². The first-order valence-electron chi connectivity index (χ1n) is 6.17. The molecule has 0 saturated carbocycles. The Balaban J connectivity index is 2.62. The molecule has 2 N–H and O–H groups in total. The minimum absolute atomic E-state index is 0.275. The van der Waals surface area contributed by atoms with E-state index in [0.29, 0.717) is 6.04 Å². The van der Waals surface area contributed by atoms with Gasteiger partial charge in [-0.3, -0.25) is 4.90 Å². The Hall–Kier alpha value is 0.270. The van der Waals surface area contributed by atoms with Crippen molar-refractivity contribution in [1.82, 2.24) is 4.90 Å². The Labute approximate surface area is 99.0 Å². The van der Waals surface area contributed by atoms with Crippen LogP contribution in [0.5, 0.6) is 0 Å². The predicted octanol–water partition coefficient (Wildman–Crippen LogP) is 2.33. The molecule has 1 aliphatic rings. The highest BCUT2D eigenvalue weighted by molar-refractivity contribution is 7.99. The van der Waals surface area contributed by atoms with E-state index in [9.17, 15) is 0 Å². The van der Waals surface area contributed by atoms with Gasteiger partial charge in [0.05, 0.1) is 0 Å². The third-order valence-electron chi connectivity index (χ3n) is 3.80. The Morgan fingerprint density at radius 1 is 1.53 bits per heavy atom. The first-order valence-corrected chi connectivity index (χ1v) is 7.32. The minimum atomic E-state index is 0.275. The lowest BCUT2D eigenvalue weighted by Gasteiger charge is -2.46. The van der Waals surface area contributed by atoms with Crippen LogP contribution in [-0.2, 0) is 0 Å². The van der Waals surface area contributed by atoms with Crippen molar-refractivity contribution in [2.24, 2.45) is 5.73 Å². The molecule has 0 bridgehead atoms. The van der Waals surface area contributed by atoms with Gasteiger partial charge in [0.15, 0.2) is 0 Å². The molecule has 1 fully saturated rings. The summed E-state index contributed by atoms with van der Waals surface area (Å²) >= 11 is 2.07. The summed E-state index contributed by atoms with van der Waals surface area (Å²) in [5.74, 6) is 2.53. The molecule has 0 aromatic carbocycles. The zero-order chi connectivity index (χ0) is 11.3. The zero-order valence-corrected chi connectivity index (χ0v) is 11.3. The number of thioether (sulfide) groups is 1. The maximum atomic E-state index is 6.02. The van der Waals surface area contributed by atoms with Crippen molar-refractivity contribution in [3.05, 3.63) is 0 Å². The number of likely N-dealkylation sites (N-methyl/N-ethyl adjacent to an activating group) is 1. The SMILES string of the molecule is CCCC(C)N(C)C1(CN)CCCSC1. The highest BCUT2D eigenvalue weighted by Gasteiger charge is 2.36. The first kappa shape index (κ1) is 13.3. The van der Waals surface area contributed by atoms with Crippen molar-refractivity contribution in [3.8, 4) is 0 Å². The summed E-state index contributed by atoms with van der Waals surface area (Å²) in [6.07, 6.45) is 5.15. The van der Waals surface area contributed by atoms with Crippen LogP contribution in [0.2, 0.25) is 0 Å². The van der Waals surface area contributed by atoms with Crippen LogP contribution < -0.4 is 5.73 Å². The summed E-state index contributed by atoms with van der Waals surface area (Å²) in [5.41, 5.74) is 6.29. The predicted molar refractivity (Wildman–Crippen MR) is 70.5 cm³/mol. The molecule has 1 aliphatic heterocycles. The highest BCUT2D eigenvalue weighted by atomic mass is 32.2. The second-order valence-electron chi connectivity index (χ2n) is 4.83. The number of rotatable bonds is 5. The monoisotopic (exact) mass is 230 g/mol. The van der Waals surface area contributed by atoms with E-state index in [1.54, 1.807) is 0 Å². The van der Waals surface area contributed by atoms with Gasteiger partial charge >= 0.3 is 0 Å². The van der Waals surface area contributed by atoms with Gasteiger partial charge < -0.3 is 5.73 Å². The average molecular weight is 230 g/mol. The van der Waals surface area contributed by atoms with E-state index in [-0.39, 0.29) is 5.54 Å². The molecule has 0 aromatic rings. The zero-order valence-electron chi connectivity index (χ0n) is 10.5. The summed E-state index contributed by atoms with van der Waals surface area (Å²) < 4.78 is 0. The van der Waals surface area contributed by atoms with Crippen LogP contribution >= 0.6 is 11.8 Å². The molecule has 2 unspecified atom stereocenters. The van der Waals surface area contributed by atoms with Crippen LogP contribution in [0.25, 0.3) is 0 Å². The van der Waals surface area contributed by atoms with Gasteiger partial charge in [0.2, 0.25) is 0 Å². The lowest BCUT2D eigenvalue weighted by atomic mass is 9.91. The van der Waals surface area contributed by atoms with Gasteiger partial charge in [-0.25, -0.2) is 0 Å². The van der Waals surface area contributed by atoms with Gasteiger partial charge in [0, 0.05) is 23.9 Å². The molecule has 0 radical (unpaired) electrons. The molecule has 90 valence electrons. The summed E-state index contributed by atoms with van der Waals surface area (Å²) in [6.45, 7) is 5.40. The van der Waals surface area contributed by atoms with E-state index in [2.05, 4.69) is 37.6 Å². The smallest absolute Gasteiger partial charge is 0.0421 e. The molecule has 2 atom stereocenters.